The maximum atomic E-state index is 12.2. The zero-order valence-corrected chi connectivity index (χ0v) is 14.2. The lowest BCUT2D eigenvalue weighted by molar-refractivity contribution is -0.112. The van der Waals surface area contributed by atoms with Crippen molar-refractivity contribution >= 4 is 28.5 Å². The van der Waals surface area contributed by atoms with Gasteiger partial charge in [0.05, 0.1) is 0 Å². The first-order chi connectivity index (χ1) is 10.4. The van der Waals surface area contributed by atoms with Crippen molar-refractivity contribution in [1.82, 2.24) is 10.2 Å². The van der Waals surface area contributed by atoms with Crippen LogP contribution in [0.5, 0.6) is 0 Å². The van der Waals surface area contributed by atoms with Crippen molar-refractivity contribution in [2.24, 2.45) is 0 Å². The summed E-state index contributed by atoms with van der Waals surface area (Å²) in [7, 11) is 0. The molecule has 22 heavy (non-hydrogen) atoms. The van der Waals surface area contributed by atoms with Gasteiger partial charge in [-0.3, -0.25) is 10.1 Å². The minimum atomic E-state index is -0.152. The van der Waals surface area contributed by atoms with Crippen molar-refractivity contribution < 1.29 is 4.79 Å². The number of carbonyl (C=O) groups is 1. The van der Waals surface area contributed by atoms with Crippen LogP contribution in [0.4, 0.5) is 5.13 Å². The third kappa shape index (κ3) is 4.01. The molecule has 1 aromatic carbocycles. The summed E-state index contributed by atoms with van der Waals surface area (Å²) in [5.41, 5.74) is 1.62. The number of hydrogen-bond acceptors (Lipinski definition) is 4. The van der Waals surface area contributed by atoms with Crippen LogP contribution in [0, 0.1) is 0 Å². The average molecular weight is 315 g/mol. The van der Waals surface area contributed by atoms with E-state index in [0.29, 0.717) is 10.7 Å². The number of carbonyl (C=O) groups excluding carboxylic acids is 1. The molecule has 4 nitrogen and oxygen atoms in total. The molecule has 1 N–H and O–H groups in total. The second-order valence-corrected chi connectivity index (χ2v) is 6.82. The molecule has 0 aliphatic carbocycles. The summed E-state index contributed by atoms with van der Waals surface area (Å²) in [5, 5.41) is 12.6. The van der Waals surface area contributed by atoms with Gasteiger partial charge in [-0.2, -0.15) is 0 Å². The van der Waals surface area contributed by atoms with E-state index in [0.717, 1.165) is 17.0 Å². The van der Waals surface area contributed by atoms with Gasteiger partial charge in [0.2, 0.25) is 5.13 Å². The molecular formula is C17H21N3OS. The van der Waals surface area contributed by atoms with Crippen LogP contribution in [0.25, 0.3) is 6.08 Å². The van der Waals surface area contributed by atoms with Gasteiger partial charge in [0, 0.05) is 11.0 Å². The lowest BCUT2D eigenvalue weighted by Crippen LogP contribution is -2.14. The summed E-state index contributed by atoms with van der Waals surface area (Å²) in [6, 6.07) is 9.76. The molecule has 0 saturated carbocycles. The first-order valence-corrected chi connectivity index (χ1v) is 8.12. The van der Waals surface area contributed by atoms with E-state index >= 15 is 0 Å². The number of benzene rings is 1. The minimum absolute atomic E-state index is 0.0183. The van der Waals surface area contributed by atoms with Crippen molar-refractivity contribution in [3.8, 4) is 0 Å². The van der Waals surface area contributed by atoms with Crippen LogP contribution in [-0.2, 0) is 10.2 Å². The molecular weight excluding hydrogens is 294 g/mol. The highest BCUT2D eigenvalue weighted by Gasteiger charge is 2.23. The third-order valence-electron chi connectivity index (χ3n) is 3.65. The highest BCUT2D eigenvalue weighted by atomic mass is 32.1. The maximum Gasteiger partial charge on any atom is 0.253 e. The van der Waals surface area contributed by atoms with E-state index in [1.54, 1.807) is 6.92 Å². The Kier molecular flexibility index (Phi) is 5.08. The Morgan fingerprint density at radius 2 is 1.95 bits per heavy atom. The summed E-state index contributed by atoms with van der Waals surface area (Å²) in [5.74, 6) is -0.152. The Hall–Kier alpha value is -2.01. The van der Waals surface area contributed by atoms with E-state index in [1.807, 2.05) is 36.4 Å². The van der Waals surface area contributed by atoms with E-state index < -0.39 is 0 Å². The third-order valence-corrected chi connectivity index (χ3v) is 4.85. The van der Waals surface area contributed by atoms with E-state index in [9.17, 15) is 4.79 Å². The Morgan fingerprint density at radius 3 is 2.59 bits per heavy atom. The summed E-state index contributed by atoms with van der Waals surface area (Å²) < 4.78 is 0. The fourth-order valence-electron chi connectivity index (χ4n) is 1.76. The second-order valence-electron chi connectivity index (χ2n) is 5.84. The maximum absolute atomic E-state index is 12.2. The Bertz CT molecular complexity index is 674. The van der Waals surface area contributed by atoms with Gasteiger partial charge in [0.25, 0.3) is 5.91 Å². The van der Waals surface area contributed by atoms with E-state index in [-0.39, 0.29) is 11.3 Å². The lowest BCUT2D eigenvalue weighted by Gasteiger charge is -2.17. The van der Waals surface area contributed by atoms with Gasteiger partial charge in [-0.05, 0) is 25.0 Å². The van der Waals surface area contributed by atoms with Gasteiger partial charge < -0.3 is 0 Å². The Labute approximate surface area is 135 Å². The minimum Gasteiger partial charge on any atom is -0.297 e. The van der Waals surface area contributed by atoms with Crippen molar-refractivity contribution in [2.45, 2.75) is 39.5 Å². The van der Waals surface area contributed by atoms with Gasteiger partial charge in [0.15, 0.2) is 0 Å². The topological polar surface area (TPSA) is 54.9 Å². The van der Waals surface area contributed by atoms with Crippen LogP contribution in [0.2, 0.25) is 0 Å². The SMILES string of the molecule is CCC(C)(C)c1nnc(NC(=O)/C(C)=C/c2ccccc2)s1. The van der Waals surface area contributed by atoms with Gasteiger partial charge in [-0.1, -0.05) is 62.4 Å². The summed E-state index contributed by atoms with van der Waals surface area (Å²) in [4.78, 5) is 12.2. The molecule has 0 fully saturated rings. The van der Waals surface area contributed by atoms with Crippen LogP contribution < -0.4 is 5.32 Å². The predicted octanol–water partition coefficient (Wildman–Crippen LogP) is 4.27. The molecule has 5 heteroatoms. The molecule has 0 saturated heterocycles. The number of hydrogen-bond donors (Lipinski definition) is 1. The van der Waals surface area contributed by atoms with Crippen molar-refractivity contribution in [3.05, 3.63) is 46.5 Å². The monoisotopic (exact) mass is 315 g/mol. The molecule has 0 atom stereocenters. The number of rotatable bonds is 5. The van der Waals surface area contributed by atoms with Crippen LogP contribution in [0.1, 0.15) is 44.7 Å². The van der Waals surface area contributed by atoms with E-state index in [2.05, 4.69) is 36.3 Å². The zero-order valence-electron chi connectivity index (χ0n) is 13.4. The molecule has 0 unspecified atom stereocenters. The number of aromatic nitrogens is 2. The molecule has 116 valence electrons. The molecule has 0 aliphatic rings. The van der Waals surface area contributed by atoms with Gasteiger partial charge in [0.1, 0.15) is 5.01 Å². The summed E-state index contributed by atoms with van der Waals surface area (Å²) >= 11 is 1.44. The Balaban J connectivity index is 2.08. The highest BCUT2D eigenvalue weighted by Crippen LogP contribution is 2.31. The van der Waals surface area contributed by atoms with E-state index in [4.69, 9.17) is 0 Å². The fourth-order valence-corrected chi connectivity index (χ4v) is 2.67. The van der Waals surface area contributed by atoms with Crippen LogP contribution >= 0.6 is 11.3 Å². The van der Waals surface area contributed by atoms with Gasteiger partial charge >= 0.3 is 0 Å². The standard InChI is InChI=1S/C17H21N3OS/c1-5-17(3,4)15-19-20-16(22-15)18-14(21)12(2)11-13-9-7-6-8-10-13/h6-11H,5H2,1-4H3,(H,18,20,21)/b12-11+. The highest BCUT2D eigenvalue weighted by molar-refractivity contribution is 7.15. The molecule has 1 aromatic heterocycles. The number of amides is 1. The van der Waals surface area contributed by atoms with Crippen LogP contribution in [0.3, 0.4) is 0 Å². The number of nitrogens with one attached hydrogen (secondary N) is 1. The molecule has 2 rings (SSSR count). The average Bonchev–Trinajstić information content (AvgIpc) is 2.97. The van der Waals surface area contributed by atoms with Gasteiger partial charge in [-0.15, -0.1) is 10.2 Å². The number of anilines is 1. The van der Waals surface area contributed by atoms with Crippen LogP contribution in [0.15, 0.2) is 35.9 Å². The molecule has 1 amide bonds. The summed E-state index contributed by atoms with van der Waals surface area (Å²) in [6.45, 7) is 8.16. The molecule has 1 heterocycles. The predicted molar refractivity (Wildman–Crippen MR) is 91.9 cm³/mol. The first kappa shape index (κ1) is 16.4. The normalized spacial score (nSPS) is 12.3. The quantitative estimate of drug-likeness (QED) is 0.838. The molecule has 2 aromatic rings. The molecule has 0 radical (unpaired) electrons. The largest absolute Gasteiger partial charge is 0.297 e. The lowest BCUT2D eigenvalue weighted by atomic mass is 9.91. The van der Waals surface area contributed by atoms with Crippen molar-refractivity contribution in [2.75, 3.05) is 5.32 Å². The summed E-state index contributed by atoms with van der Waals surface area (Å²) in [6.07, 6.45) is 2.83. The number of nitrogens with zero attached hydrogens (tertiary/aromatic N) is 2. The van der Waals surface area contributed by atoms with Crippen molar-refractivity contribution in [3.63, 3.8) is 0 Å². The first-order valence-electron chi connectivity index (χ1n) is 7.31. The fraction of sp³-hybridized carbons (Fsp3) is 0.353. The van der Waals surface area contributed by atoms with E-state index in [1.165, 1.54) is 11.3 Å². The van der Waals surface area contributed by atoms with Crippen LogP contribution in [-0.4, -0.2) is 16.1 Å². The molecule has 0 bridgehead atoms. The van der Waals surface area contributed by atoms with Crippen molar-refractivity contribution in [1.29, 1.82) is 0 Å². The second kappa shape index (κ2) is 6.83. The molecule has 0 spiro atoms. The molecule has 0 aliphatic heterocycles. The zero-order chi connectivity index (χ0) is 16.2. The smallest absolute Gasteiger partial charge is 0.253 e. The van der Waals surface area contributed by atoms with Gasteiger partial charge in [-0.25, -0.2) is 0 Å². The Morgan fingerprint density at radius 1 is 1.27 bits per heavy atom.